The van der Waals surface area contributed by atoms with Gasteiger partial charge in [-0.15, -0.1) is 0 Å². The third-order valence-electron chi connectivity index (χ3n) is 4.06. The van der Waals surface area contributed by atoms with Crippen LogP contribution < -0.4 is 0 Å². The Balaban J connectivity index is 2.22. The molecule has 1 heterocycles. The molecule has 1 aromatic heterocycles. The minimum atomic E-state index is -0.935. The Morgan fingerprint density at radius 2 is 2.00 bits per heavy atom. The number of imidazole rings is 1. The molecule has 1 saturated carbocycles. The summed E-state index contributed by atoms with van der Waals surface area (Å²) in [5.41, 5.74) is 1.79. The average molecular weight is 288 g/mol. The summed E-state index contributed by atoms with van der Waals surface area (Å²) in [4.78, 5) is 15.9. The fourth-order valence-electron chi connectivity index (χ4n) is 2.89. The van der Waals surface area contributed by atoms with Gasteiger partial charge in [-0.05, 0) is 31.0 Å². The fraction of sp³-hybridized carbons (Fsp3) is 0.500. The molecular formula is C16H20N2O3. The number of carboxylic acid groups (broad SMARTS) is 1. The van der Waals surface area contributed by atoms with E-state index in [-0.39, 0.29) is 23.1 Å². The maximum absolute atomic E-state index is 11.2. The van der Waals surface area contributed by atoms with E-state index in [0.717, 1.165) is 16.9 Å². The summed E-state index contributed by atoms with van der Waals surface area (Å²) in [5, 5.41) is 18.8. The van der Waals surface area contributed by atoms with Crippen molar-refractivity contribution in [2.75, 3.05) is 0 Å². The molecule has 2 N–H and O–H groups in total. The lowest BCUT2D eigenvalue weighted by Crippen LogP contribution is -2.33. The number of aromatic nitrogens is 2. The monoisotopic (exact) mass is 288 g/mol. The second-order valence-electron chi connectivity index (χ2n) is 6.84. The lowest BCUT2D eigenvalue weighted by molar-refractivity contribution is 0.0479. The Bertz CT molecular complexity index is 706. The molecule has 1 aliphatic rings. The van der Waals surface area contributed by atoms with E-state index in [2.05, 4.69) is 25.3 Å². The summed E-state index contributed by atoms with van der Waals surface area (Å²) in [5.74, 6) is 0.00698. The Morgan fingerprint density at radius 1 is 1.33 bits per heavy atom. The van der Waals surface area contributed by atoms with Gasteiger partial charge in [0, 0.05) is 11.5 Å². The number of nitrogens with zero attached hydrogens (tertiary/aromatic N) is 2. The highest BCUT2D eigenvalue weighted by Gasteiger charge is 2.34. The van der Waals surface area contributed by atoms with Gasteiger partial charge in [0.05, 0.1) is 22.7 Å². The van der Waals surface area contributed by atoms with E-state index in [1.807, 2.05) is 0 Å². The van der Waals surface area contributed by atoms with Crippen LogP contribution in [-0.4, -0.2) is 31.8 Å². The van der Waals surface area contributed by atoms with E-state index in [9.17, 15) is 15.0 Å². The van der Waals surface area contributed by atoms with E-state index in [1.54, 1.807) is 18.2 Å². The molecule has 1 aromatic carbocycles. The van der Waals surface area contributed by atoms with E-state index in [4.69, 9.17) is 4.98 Å². The predicted molar refractivity (Wildman–Crippen MR) is 79.7 cm³/mol. The second kappa shape index (κ2) is 4.56. The van der Waals surface area contributed by atoms with Gasteiger partial charge in [0.2, 0.25) is 0 Å². The molecule has 0 amide bonds. The van der Waals surface area contributed by atoms with Crippen LogP contribution in [0.3, 0.4) is 0 Å². The van der Waals surface area contributed by atoms with Gasteiger partial charge in [-0.3, -0.25) is 0 Å². The van der Waals surface area contributed by atoms with Gasteiger partial charge in [-0.25, -0.2) is 9.78 Å². The third-order valence-corrected chi connectivity index (χ3v) is 4.06. The number of aromatic carboxylic acids is 1. The standard InChI is InChI=1S/C16H20N2O3/c1-16(2,3)15-17-12-5-4-9(14(20)21)6-13(12)18(15)10-7-11(19)8-10/h4-6,10-11,19H,7-8H2,1-3H3,(H,20,21). The smallest absolute Gasteiger partial charge is 0.335 e. The summed E-state index contributed by atoms with van der Waals surface area (Å²) in [6, 6.07) is 5.23. The first-order valence-electron chi connectivity index (χ1n) is 7.21. The molecule has 0 aliphatic heterocycles. The predicted octanol–water partition coefficient (Wildman–Crippen LogP) is 2.73. The van der Waals surface area contributed by atoms with Crippen molar-refractivity contribution < 1.29 is 15.0 Å². The third kappa shape index (κ3) is 2.31. The molecular weight excluding hydrogens is 268 g/mol. The lowest BCUT2D eigenvalue weighted by Gasteiger charge is -2.36. The average Bonchev–Trinajstić information content (AvgIpc) is 2.72. The van der Waals surface area contributed by atoms with Gasteiger partial charge in [-0.1, -0.05) is 20.8 Å². The van der Waals surface area contributed by atoms with Crippen LogP contribution in [0.25, 0.3) is 11.0 Å². The van der Waals surface area contributed by atoms with Crippen molar-refractivity contribution in [1.29, 1.82) is 0 Å². The molecule has 21 heavy (non-hydrogen) atoms. The van der Waals surface area contributed by atoms with Crippen LogP contribution in [0.15, 0.2) is 18.2 Å². The van der Waals surface area contributed by atoms with E-state index < -0.39 is 5.97 Å². The number of carboxylic acids is 1. The van der Waals surface area contributed by atoms with Crippen LogP contribution >= 0.6 is 0 Å². The number of hydrogen-bond donors (Lipinski definition) is 2. The highest BCUT2D eigenvalue weighted by molar-refractivity contribution is 5.92. The van der Waals surface area contributed by atoms with Crippen molar-refractivity contribution in [2.45, 2.75) is 51.2 Å². The number of aliphatic hydroxyl groups is 1. The van der Waals surface area contributed by atoms with Crippen molar-refractivity contribution in [3.63, 3.8) is 0 Å². The zero-order chi connectivity index (χ0) is 15.4. The summed E-state index contributed by atoms with van der Waals surface area (Å²) in [7, 11) is 0. The second-order valence-corrected chi connectivity index (χ2v) is 6.84. The topological polar surface area (TPSA) is 75.3 Å². The highest BCUT2D eigenvalue weighted by atomic mass is 16.4. The summed E-state index contributed by atoms with van der Waals surface area (Å²) in [6.07, 6.45) is 1.14. The fourth-order valence-corrected chi connectivity index (χ4v) is 2.89. The van der Waals surface area contributed by atoms with E-state index in [1.165, 1.54) is 0 Å². The molecule has 0 unspecified atom stereocenters. The quantitative estimate of drug-likeness (QED) is 0.891. The zero-order valence-electron chi connectivity index (χ0n) is 12.5. The summed E-state index contributed by atoms with van der Waals surface area (Å²) in [6.45, 7) is 6.29. The Morgan fingerprint density at radius 3 is 2.52 bits per heavy atom. The van der Waals surface area contributed by atoms with Crippen molar-refractivity contribution in [3.05, 3.63) is 29.6 Å². The first-order valence-corrected chi connectivity index (χ1v) is 7.21. The van der Waals surface area contributed by atoms with Crippen molar-refractivity contribution in [2.24, 2.45) is 0 Å². The number of aliphatic hydroxyl groups excluding tert-OH is 1. The van der Waals surface area contributed by atoms with Gasteiger partial charge in [-0.2, -0.15) is 0 Å². The maximum atomic E-state index is 11.2. The summed E-state index contributed by atoms with van der Waals surface area (Å²) < 4.78 is 2.12. The van der Waals surface area contributed by atoms with Crippen LogP contribution in [-0.2, 0) is 5.41 Å². The van der Waals surface area contributed by atoms with Crippen molar-refractivity contribution >= 4 is 17.0 Å². The molecule has 0 radical (unpaired) electrons. The molecule has 0 saturated heterocycles. The number of fused-ring (bicyclic) bond motifs is 1. The first-order chi connectivity index (χ1) is 9.77. The molecule has 1 fully saturated rings. The number of benzene rings is 1. The lowest BCUT2D eigenvalue weighted by atomic mass is 9.87. The Hall–Kier alpha value is -1.88. The van der Waals surface area contributed by atoms with Gasteiger partial charge >= 0.3 is 5.97 Å². The van der Waals surface area contributed by atoms with Crippen LogP contribution in [0, 0.1) is 0 Å². The Labute approximate surface area is 123 Å². The van der Waals surface area contributed by atoms with Gasteiger partial charge in [0.25, 0.3) is 0 Å². The molecule has 112 valence electrons. The van der Waals surface area contributed by atoms with Crippen molar-refractivity contribution in [1.82, 2.24) is 9.55 Å². The van der Waals surface area contributed by atoms with Crippen LogP contribution in [0.1, 0.15) is 55.8 Å². The summed E-state index contributed by atoms with van der Waals surface area (Å²) >= 11 is 0. The zero-order valence-corrected chi connectivity index (χ0v) is 12.5. The van der Waals surface area contributed by atoms with Crippen LogP contribution in [0.5, 0.6) is 0 Å². The van der Waals surface area contributed by atoms with Gasteiger partial charge < -0.3 is 14.8 Å². The number of carbonyl (C=O) groups is 1. The highest BCUT2D eigenvalue weighted by Crippen LogP contribution is 2.39. The van der Waals surface area contributed by atoms with Gasteiger partial charge in [0.1, 0.15) is 5.82 Å². The normalized spacial score (nSPS) is 22.3. The first kappa shape index (κ1) is 14.1. The molecule has 2 aromatic rings. The largest absolute Gasteiger partial charge is 0.478 e. The van der Waals surface area contributed by atoms with Crippen LogP contribution in [0.4, 0.5) is 0 Å². The van der Waals surface area contributed by atoms with Crippen LogP contribution in [0.2, 0.25) is 0 Å². The van der Waals surface area contributed by atoms with Gasteiger partial charge in [0.15, 0.2) is 0 Å². The molecule has 5 nitrogen and oxygen atoms in total. The number of hydrogen-bond acceptors (Lipinski definition) is 3. The minimum Gasteiger partial charge on any atom is -0.478 e. The molecule has 5 heteroatoms. The molecule has 1 aliphatic carbocycles. The van der Waals surface area contributed by atoms with E-state index >= 15 is 0 Å². The molecule has 0 atom stereocenters. The molecule has 3 rings (SSSR count). The van der Waals surface area contributed by atoms with E-state index in [0.29, 0.717) is 12.8 Å². The minimum absolute atomic E-state index is 0.136. The van der Waals surface area contributed by atoms with Crippen molar-refractivity contribution in [3.8, 4) is 0 Å². The SMILES string of the molecule is CC(C)(C)c1nc2ccc(C(=O)O)cc2n1C1CC(O)C1. The Kier molecular flexibility index (Phi) is 3.06. The number of rotatable bonds is 2. The molecule has 0 spiro atoms. The maximum Gasteiger partial charge on any atom is 0.335 e. The molecule has 0 bridgehead atoms.